The van der Waals surface area contributed by atoms with Gasteiger partial charge in [0, 0.05) is 6.92 Å². The molecule has 1 aromatic carbocycles. The number of carboxylic acids is 1. The lowest BCUT2D eigenvalue weighted by molar-refractivity contribution is -0.170. The molecule has 0 saturated heterocycles. The molecule has 0 saturated carbocycles. The summed E-state index contributed by atoms with van der Waals surface area (Å²) in [6.45, 7) is 1.09. The third-order valence-corrected chi connectivity index (χ3v) is 2.16. The molecule has 0 fully saturated rings. The first-order valence-corrected chi connectivity index (χ1v) is 5.58. The maximum absolute atomic E-state index is 11.6. The van der Waals surface area contributed by atoms with Crippen molar-refractivity contribution in [2.24, 2.45) is 0 Å². The standard InChI is InChI=1S/C13H14O6/c1-9(14)19-11(7-12(15)16)13(17)18-8-10-5-3-2-4-6-10/h2-6,11H,7-8H2,1H3,(H,15,16)/t11-/m1/s1. The minimum absolute atomic E-state index is 0.00292. The molecule has 0 unspecified atom stereocenters. The number of ether oxygens (including phenoxy) is 2. The minimum Gasteiger partial charge on any atom is -0.481 e. The number of rotatable bonds is 6. The third kappa shape index (κ3) is 5.67. The zero-order valence-electron chi connectivity index (χ0n) is 10.4. The average Bonchev–Trinajstić information content (AvgIpc) is 2.35. The molecule has 102 valence electrons. The summed E-state index contributed by atoms with van der Waals surface area (Å²) in [5.74, 6) is -2.85. The van der Waals surface area contributed by atoms with Gasteiger partial charge in [-0.25, -0.2) is 4.79 Å². The van der Waals surface area contributed by atoms with E-state index in [1.807, 2.05) is 6.07 Å². The highest BCUT2D eigenvalue weighted by molar-refractivity contribution is 5.83. The Hall–Kier alpha value is -2.37. The van der Waals surface area contributed by atoms with E-state index in [1.165, 1.54) is 0 Å². The number of carboxylic acid groups (broad SMARTS) is 1. The first-order valence-electron chi connectivity index (χ1n) is 5.58. The van der Waals surface area contributed by atoms with Gasteiger partial charge in [-0.3, -0.25) is 9.59 Å². The molecule has 0 aliphatic carbocycles. The van der Waals surface area contributed by atoms with E-state index in [0.29, 0.717) is 0 Å². The quantitative estimate of drug-likeness (QED) is 0.776. The van der Waals surface area contributed by atoms with Gasteiger partial charge in [-0.2, -0.15) is 0 Å². The van der Waals surface area contributed by atoms with Crippen LogP contribution in [0.3, 0.4) is 0 Å². The van der Waals surface area contributed by atoms with Crippen LogP contribution in [-0.4, -0.2) is 29.1 Å². The molecule has 1 rings (SSSR count). The molecular formula is C13H14O6. The predicted molar refractivity (Wildman–Crippen MR) is 64.0 cm³/mol. The molecule has 6 nitrogen and oxygen atoms in total. The van der Waals surface area contributed by atoms with E-state index < -0.39 is 30.4 Å². The van der Waals surface area contributed by atoms with Crippen LogP contribution >= 0.6 is 0 Å². The summed E-state index contributed by atoms with van der Waals surface area (Å²) in [6.07, 6.45) is -2.04. The highest BCUT2D eigenvalue weighted by atomic mass is 16.6. The van der Waals surface area contributed by atoms with Gasteiger partial charge < -0.3 is 14.6 Å². The van der Waals surface area contributed by atoms with Crippen LogP contribution in [0.2, 0.25) is 0 Å². The summed E-state index contributed by atoms with van der Waals surface area (Å²) in [7, 11) is 0. The van der Waals surface area contributed by atoms with Crippen LogP contribution in [0.5, 0.6) is 0 Å². The summed E-state index contributed by atoms with van der Waals surface area (Å²) >= 11 is 0. The van der Waals surface area contributed by atoms with Crippen molar-refractivity contribution >= 4 is 17.9 Å². The number of esters is 2. The fourth-order valence-electron chi connectivity index (χ4n) is 1.35. The smallest absolute Gasteiger partial charge is 0.348 e. The fraction of sp³-hybridized carbons (Fsp3) is 0.308. The van der Waals surface area contributed by atoms with E-state index in [9.17, 15) is 14.4 Å². The van der Waals surface area contributed by atoms with Crippen molar-refractivity contribution in [2.75, 3.05) is 0 Å². The molecule has 1 aromatic rings. The van der Waals surface area contributed by atoms with Crippen LogP contribution in [0.4, 0.5) is 0 Å². The van der Waals surface area contributed by atoms with E-state index in [0.717, 1.165) is 12.5 Å². The zero-order chi connectivity index (χ0) is 14.3. The Balaban J connectivity index is 2.56. The molecule has 1 atom stereocenters. The van der Waals surface area contributed by atoms with Gasteiger partial charge in [0.25, 0.3) is 0 Å². The minimum atomic E-state index is -1.42. The summed E-state index contributed by atoms with van der Waals surface area (Å²) in [5, 5.41) is 8.63. The predicted octanol–water partition coefficient (Wildman–Crippen LogP) is 1.14. The Bertz CT molecular complexity index is 437. The molecular weight excluding hydrogens is 252 g/mol. The number of benzene rings is 1. The second-order valence-electron chi connectivity index (χ2n) is 3.79. The fourth-order valence-corrected chi connectivity index (χ4v) is 1.35. The first kappa shape index (κ1) is 14.7. The summed E-state index contributed by atoms with van der Waals surface area (Å²) < 4.78 is 9.53. The molecule has 0 radical (unpaired) electrons. The van der Waals surface area contributed by atoms with E-state index in [4.69, 9.17) is 9.84 Å². The van der Waals surface area contributed by atoms with Crippen molar-refractivity contribution < 1.29 is 29.0 Å². The van der Waals surface area contributed by atoms with E-state index in [-0.39, 0.29) is 6.61 Å². The number of aliphatic carboxylic acids is 1. The molecule has 6 heteroatoms. The molecule has 19 heavy (non-hydrogen) atoms. The number of hydrogen-bond donors (Lipinski definition) is 1. The molecule has 0 bridgehead atoms. The molecule has 0 heterocycles. The van der Waals surface area contributed by atoms with Crippen LogP contribution in [-0.2, 0) is 30.5 Å². The molecule has 0 aliphatic rings. The molecule has 0 amide bonds. The highest BCUT2D eigenvalue weighted by Crippen LogP contribution is 2.06. The Kier molecular flexibility index (Phi) is 5.53. The first-order chi connectivity index (χ1) is 8.99. The lowest BCUT2D eigenvalue weighted by Gasteiger charge is -2.14. The van der Waals surface area contributed by atoms with Crippen molar-refractivity contribution in [1.82, 2.24) is 0 Å². The van der Waals surface area contributed by atoms with Crippen LogP contribution in [0.1, 0.15) is 18.9 Å². The Morgan fingerprint density at radius 3 is 2.37 bits per heavy atom. The second-order valence-corrected chi connectivity index (χ2v) is 3.79. The Morgan fingerprint density at radius 2 is 1.84 bits per heavy atom. The van der Waals surface area contributed by atoms with Crippen molar-refractivity contribution in [3.8, 4) is 0 Å². The average molecular weight is 266 g/mol. The lowest BCUT2D eigenvalue weighted by atomic mass is 10.2. The van der Waals surface area contributed by atoms with Crippen molar-refractivity contribution in [1.29, 1.82) is 0 Å². The van der Waals surface area contributed by atoms with Crippen LogP contribution in [0, 0.1) is 0 Å². The summed E-state index contributed by atoms with van der Waals surface area (Å²) in [6, 6.07) is 8.89. The molecule has 1 N–H and O–H groups in total. The van der Waals surface area contributed by atoms with Gasteiger partial charge in [0.2, 0.25) is 6.10 Å². The molecule has 0 aromatic heterocycles. The zero-order valence-corrected chi connectivity index (χ0v) is 10.4. The van der Waals surface area contributed by atoms with Gasteiger partial charge in [-0.05, 0) is 5.56 Å². The second kappa shape index (κ2) is 7.15. The van der Waals surface area contributed by atoms with E-state index >= 15 is 0 Å². The molecule has 0 aliphatic heterocycles. The number of hydrogen-bond acceptors (Lipinski definition) is 5. The summed E-state index contributed by atoms with van der Waals surface area (Å²) in [5.41, 5.74) is 0.757. The van der Waals surface area contributed by atoms with Crippen molar-refractivity contribution in [2.45, 2.75) is 26.1 Å². The van der Waals surface area contributed by atoms with E-state index in [2.05, 4.69) is 4.74 Å². The van der Waals surface area contributed by atoms with Crippen LogP contribution in [0.15, 0.2) is 30.3 Å². The topological polar surface area (TPSA) is 89.9 Å². The molecule has 0 spiro atoms. The van der Waals surface area contributed by atoms with Gasteiger partial charge in [0.1, 0.15) is 6.61 Å². The SMILES string of the molecule is CC(=O)O[C@H](CC(=O)O)C(=O)OCc1ccccc1. The van der Waals surface area contributed by atoms with Crippen LogP contribution in [0.25, 0.3) is 0 Å². The van der Waals surface area contributed by atoms with Gasteiger partial charge in [0.05, 0.1) is 6.42 Å². The van der Waals surface area contributed by atoms with Gasteiger partial charge >= 0.3 is 17.9 Å². The monoisotopic (exact) mass is 266 g/mol. The van der Waals surface area contributed by atoms with Gasteiger partial charge in [-0.15, -0.1) is 0 Å². The Morgan fingerprint density at radius 1 is 1.21 bits per heavy atom. The maximum atomic E-state index is 11.6. The third-order valence-electron chi connectivity index (χ3n) is 2.16. The van der Waals surface area contributed by atoms with Crippen molar-refractivity contribution in [3.05, 3.63) is 35.9 Å². The Labute approximate surface area is 109 Å². The lowest BCUT2D eigenvalue weighted by Crippen LogP contribution is -2.30. The van der Waals surface area contributed by atoms with E-state index in [1.54, 1.807) is 24.3 Å². The maximum Gasteiger partial charge on any atom is 0.348 e. The number of carbonyl (C=O) groups is 3. The normalized spacial score (nSPS) is 11.4. The highest BCUT2D eigenvalue weighted by Gasteiger charge is 2.26. The summed E-state index contributed by atoms with van der Waals surface area (Å²) in [4.78, 5) is 33.0. The van der Waals surface area contributed by atoms with Crippen molar-refractivity contribution in [3.63, 3.8) is 0 Å². The van der Waals surface area contributed by atoms with Gasteiger partial charge in [0.15, 0.2) is 0 Å². The van der Waals surface area contributed by atoms with Crippen LogP contribution < -0.4 is 0 Å². The van der Waals surface area contributed by atoms with Gasteiger partial charge in [-0.1, -0.05) is 30.3 Å². The number of carbonyl (C=O) groups excluding carboxylic acids is 2. The largest absolute Gasteiger partial charge is 0.481 e.